The zero-order valence-corrected chi connectivity index (χ0v) is 11.5. The Kier molecular flexibility index (Phi) is 4.67. The first-order valence-electron chi connectivity index (χ1n) is 6.65. The van der Waals surface area contributed by atoms with E-state index < -0.39 is 11.7 Å². The molecule has 1 aromatic heterocycles. The van der Waals surface area contributed by atoms with Crippen LogP contribution < -0.4 is 10.6 Å². The second-order valence-corrected chi connectivity index (χ2v) is 4.50. The molecular formula is C15H16F3N3. The lowest BCUT2D eigenvalue weighted by Gasteiger charge is -2.14. The lowest BCUT2D eigenvalue weighted by Crippen LogP contribution is -2.09. The number of rotatable bonds is 5. The minimum Gasteiger partial charge on any atom is -0.370 e. The molecule has 0 atom stereocenters. The minimum absolute atomic E-state index is 0.00913. The van der Waals surface area contributed by atoms with Gasteiger partial charge in [0, 0.05) is 6.54 Å². The van der Waals surface area contributed by atoms with Crippen molar-refractivity contribution in [1.82, 2.24) is 4.98 Å². The second kappa shape index (κ2) is 6.47. The third kappa shape index (κ3) is 4.11. The van der Waals surface area contributed by atoms with Crippen LogP contribution in [-0.4, -0.2) is 11.5 Å². The predicted octanol–water partition coefficient (Wildman–Crippen LogP) is 4.67. The van der Waals surface area contributed by atoms with Gasteiger partial charge in [0.2, 0.25) is 0 Å². The zero-order chi connectivity index (χ0) is 15.3. The normalized spacial score (nSPS) is 11.2. The summed E-state index contributed by atoms with van der Waals surface area (Å²) in [6.07, 6.45) is -3.46. The van der Waals surface area contributed by atoms with E-state index in [1.54, 1.807) is 24.3 Å². The Morgan fingerprint density at radius 1 is 1.00 bits per heavy atom. The van der Waals surface area contributed by atoms with Crippen LogP contribution in [0.2, 0.25) is 0 Å². The molecule has 0 amide bonds. The van der Waals surface area contributed by atoms with Crippen molar-refractivity contribution >= 4 is 17.3 Å². The quantitative estimate of drug-likeness (QED) is 0.842. The summed E-state index contributed by atoms with van der Waals surface area (Å²) >= 11 is 0. The van der Waals surface area contributed by atoms with Gasteiger partial charge in [-0.1, -0.05) is 25.1 Å². The summed E-state index contributed by atoms with van der Waals surface area (Å²) in [7, 11) is 0. The van der Waals surface area contributed by atoms with Gasteiger partial charge >= 0.3 is 6.18 Å². The molecule has 1 aromatic carbocycles. The fourth-order valence-electron chi connectivity index (χ4n) is 1.83. The van der Waals surface area contributed by atoms with Crippen LogP contribution in [0.5, 0.6) is 0 Å². The minimum atomic E-state index is -4.40. The van der Waals surface area contributed by atoms with Gasteiger partial charge < -0.3 is 10.6 Å². The van der Waals surface area contributed by atoms with E-state index in [0.29, 0.717) is 11.6 Å². The number of hydrogen-bond acceptors (Lipinski definition) is 3. The molecule has 21 heavy (non-hydrogen) atoms. The molecule has 0 aliphatic carbocycles. The van der Waals surface area contributed by atoms with Gasteiger partial charge in [-0.05, 0) is 30.7 Å². The largest absolute Gasteiger partial charge is 0.418 e. The lowest BCUT2D eigenvalue weighted by molar-refractivity contribution is -0.136. The Morgan fingerprint density at radius 3 is 2.43 bits per heavy atom. The van der Waals surface area contributed by atoms with Gasteiger partial charge in [0.05, 0.1) is 11.3 Å². The molecule has 2 rings (SSSR count). The first kappa shape index (κ1) is 15.2. The molecule has 0 fully saturated rings. The van der Waals surface area contributed by atoms with Gasteiger partial charge in [-0.2, -0.15) is 13.2 Å². The summed E-state index contributed by atoms with van der Waals surface area (Å²) in [5, 5.41) is 5.82. The third-order valence-electron chi connectivity index (χ3n) is 2.80. The Balaban J connectivity index is 2.23. The van der Waals surface area contributed by atoms with Crippen molar-refractivity contribution in [1.29, 1.82) is 0 Å². The molecule has 2 aromatic rings. The van der Waals surface area contributed by atoms with E-state index in [1.807, 2.05) is 6.92 Å². The smallest absolute Gasteiger partial charge is 0.370 e. The number of hydrogen-bond donors (Lipinski definition) is 2. The van der Waals surface area contributed by atoms with Crippen LogP contribution in [0.15, 0.2) is 42.5 Å². The maximum Gasteiger partial charge on any atom is 0.418 e. The van der Waals surface area contributed by atoms with Gasteiger partial charge in [0.1, 0.15) is 11.6 Å². The van der Waals surface area contributed by atoms with Crippen LogP contribution in [0.1, 0.15) is 18.9 Å². The van der Waals surface area contributed by atoms with Crippen molar-refractivity contribution in [3.05, 3.63) is 48.0 Å². The Morgan fingerprint density at radius 2 is 1.71 bits per heavy atom. The highest BCUT2D eigenvalue weighted by molar-refractivity contribution is 5.62. The lowest BCUT2D eigenvalue weighted by atomic mass is 10.1. The molecule has 0 radical (unpaired) electrons. The van der Waals surface area contributed by atoms with Gasteiger partial charge in [-0.15, -0.1) is 0 Å². The SMILES string of the molecule is CCCNc1cccc(Nc2ccccc2C(F)(F)F)n1. The molecule has 0 unspecified atom stereocenters. The average molecular weight is 295 g/mol. The van der Waals surface area contributed by atoms with Crippen LogP contribution in [-0.2, 0) is 6.18 Å². The van der Waals surface area contributed by atoms with E-state index in [0.717, 1.165) is 19.0 Å². The van der Waals surface area contributed by atoms with E-state index >= 15 is 0 Å². The van der Waals surface area contributed by atoms with Crippen molar-refractivity contribution in [2.75, 3.05) is 17.2 Å². The zero-order valence-electron chi connectivity index (χ0n) is 11.5. The summed E-state index contributed by atoms with van der Waals surface area (Å²) in [5.74, 6) is 0.999. The molecule has 0 bridgehead atoms. The van der Waals surface area contributed by atoms with E-state index in [-0.39, 0.29) is 5.69 Å². The summed E-state index contributed by atoms with van der Waals surface area (Å²) in [6, 6.07) is 10.5. The van der Waals surface area contributed by atoms with Crippen LogP contribution >= 0.6 is 0 Å². The van der Waals surface area contributed by atoms with Crippen LogP contribution in [0, 0.1) is 0 Å². The number of benzene rings is 1. The summed E-state index contributed by atoms with van der Waals surface area (Å²) < 4.78 is 38.8. The number of para-hydroxylation sites is 1. The third-order valence-corrected chi connectivity index (χ3v) is 2.80. The van der Waals surface area contributed by atoms with Crippen molar-refractivity contribution in [3.63, 3.8) is 0 Å². The first-order chi connectivity index (χ1) is 10.0. The number of halogens is 3. The van der Waals surface area contributed by atoms with Crippen molar-refractivity contribution in [2.45, 2.75) is 19.5 Å². The molecule has 0 aliphatic heterocycles. The fourth-order valence-corrected chi connectivity index (χ4v) is 1.83. The molecule has 1 heterocycles. The number of pyridine rings is 1. The molecule has 2 N–H and O–H groups in total. The van der Waals surface area contributed by atoms with Crippen molar-refractivity contribution < 1.29 is 13.2 Å². The maximum absolute atomic E-state index is 12.9. The van der Waals surface area contributed by atoms with Gasteiger partial charge in [-0.3, -0.25) is 0 Å². The van der Waals surface area contributed by atoms with Crippen LogP contribution in [0.3, 0.4) is 0 Å². The van der Waals surface area contributed by atoms with Crippen LogP contribution in [0.25, 0.3) is 0 Å². The molecular weight excluding hydrogens is 279 g/mol. The topological polar surface area (TPSA) is 37.0 Å². The molecule has 3 nitrogen and oxygen atoms in total. The Hall–Kier alpha value is -2.24. The monoisotopic (exact) mass is 295 g/mol. The van der Waals surface area contributed by atoms with E-state index in [9.17, 15) is 13.2 Å². The second-order valence-electron chi connectivity index (χ2n) is 4.50. The number of anilines is 3. The number of nitrogens with zero attached hydrogens (tertiary/aromatic N) is 1. The van der Waals surface area contributed by atoms with E-state index in [1.165, 1.54) is 12.1 Å². The van der Waals surface area contributed by atoms with E-state index in [2.05, 4.69) is 15.6 Å². The highest BCUT2D eigenvalue weighted by Gasteiger charge is 2.33. The Bertz CT molecular complexity index is 597. The van der Waals surface area contributed by atoms with E-state index in [4.69, 9.17) is 0 Å². The number of aromatic nitrogens is 1. The standard InChI is InChI=1S/C15H16F3N3/c1-2-10-19-13-8-5-9-14(21-13)20-12-7-4-3-6-11(12)15(16,17)18/h3-9H,2,10H2,1H3,(H2,19,20,21). The summed E-state index contributed by atoms with van der Waals surface area (Å²) in [5.41, 5.74) is -0.719. The molecule has 0 spiro atoms. The number of nitrogens with one attached hydrogen (secondary N) is 2. The van der Waals surface area contributed by atoms with Crippen molar-refractivity contribution in [3.8, 4) is 0 Å². The summed E-state index contributed by atoms with van der Waals surface area (Å²) in [6.45, 7) is 2.78. The van der Waals surface area contributed by atoms with Gasteiger partial charge in [-0.25, -0.2) is 4.98 Å². The molecule has 0 aliphatic rings. The highest BCUT2D eigenvalue weighted by atomic mass is 19.4. The Labute approximate surface area is 121 Å². The van der Waals surface area contributed by atoms with Crippen molar-refractivity contribution in [2.24, 2.45) is 0 Å². The first-order valence-corrected chi connectivity index (χ1v) is 6.65. The van der Waals surface area contributed by atoms with Gasteiger partial charge in [0.15, 0.2) is 0 Å². The molecule has 112 valence electrons. The predicted molar refractivity (Wildman–Crippen MR) is 77.7 cm³/mol. The van der Waals surface area contributed by atoms with Crippen LogP contribution in [0.4, 0.5) is 30.5 Å². The fraction of sp³-hybridized carbons (Fsp3) is 0.267. The molecule has 0 saturated carbocycles. The maximum atomic E-state index is 12.9. The summed E-state index contributed by atoms with van der Waals surface area (Å²) in [4.78, 5) is 4.24. The molecule has 0 saturated heterocycles. The molecule has 6 heteroatoms. The average Bonchev–Trinajstić information content (AvgIpc) is 2.45. The number of alkyl halides is 3. The highest BCUT2D eigenvalue weighted by Crippen LogP contribution is 2.35. The van der Waals surface area contributed by atoms with Gasteiger partial charge in [0.25, 0.3) is 0 Å².